The van der Waals surface area contributed by atoms with Crippen molar-refractivity contribution in [2.45, 2.75) is 13.8 Å². The van der Waals surface area contributed by atoms with Crippen LogP contribution in [0.2, 0.25) is 0 Å². The van der Waals surface area contributed by atoms with Crippen molar-refractivity contribution in [3.05, 3.63) is 58.7 Å². The van der Waals surface area contributed by atoms with Crippen LogP contribution in [-0.4, -0.2) is 62.9 Å². The van der Waals surface area contributed by atoms with Crippen molar-refractivity contribution in [3.8, 4) is 5.69 Å². The number of aryl methyl sites for hydroxylation is 1. The van der Waals surface area contributed by atoms with Gasteiger partial charge in [-0.2, -0.15) is 10.0 Å². The number of thioether (sulfide) groups is 1. The van der Waals surface area contributed by atoms with E-state index in [1.807, 2.05) is 19.9 Å². The molecule has 0 bridgehead atoms. The summed E-state index contributed by atoms with van der Waals surface area (Å²) in [5.41, 5.74) is 2.90. The topological polar surface area (TPSA) is 86.3 Å². The highest BCUT2D eigenvalue weighted by Crippen LogP contribution is 2.31. The molecule has 0 atom stereocenters. The molecule has 8 nitrogen and oxygen atoms in total. The number of hydrazone groups is 1. The average molecular weight is 453 g/mol. The Labute approximate surface area is 188 Å². The first-order valence-corrected chi connectivity index (χ1v) is 11.0. The Bertz CT molecular complexity index is 1230. The molecule has 3 aliphatic rings. The van der Waals surface area contributed by atoms with Gasteiger partial charge in [0.15, 0.2) is 11.0 Å². The third-order valence-corrected chi connectivity index (χ3v) is 6.56. The van der Waals surface area contributed by atoms with Crippen LogP contribution in [0.15, 0.2) is 46.0 Å². The number of amidine groups is 3. The van der Waals surface area contributed by atoms with Crippen LogP contribution in [0.4, 0.5) is 4.39 Å². The van der Waals surface area contributed by atoms with E-state index in [9.17, 15) is 9.18 Å². The highest BCUT2D eigenvalue weighted by atomic mass is 32.2. The Morgan fingerprint density at radius 2 is 1.94 bits per heavy atom. The number of amides is 1. The fourth-order valence-corrected chi connectivity index (χ4v) is 4.90. The van der Waals surface area contributed by atoms with Gasteiger partial charge in [0.25, 0.3) is 5.91 Å². The number of benzene rings is 1. The van der Waals surface area contributed by atoms with Crippen molar-refractivity contribution in [2.24, 2.45) is 10.1 Å². The molecule has 5 rings (SSSR count). The van der Waals surface area contributed by atoms with Crippen LogP contribution in [0.1, 0.15) is 17.0 Å². The fraction of sp³-hybridized carbons (Fsp3) is 0.273. The largest absolute Gasteiger partial charge is 0.378 e. The van der Waals surface area contributed by atoms with Crippen LogP contribution < -0.4 is 0 Å². The van der Waals surface area contributed by atoms with Crippen LogP contribution in [0.25, 0.3) is 11.8 Å². The zero-order chi connectivity index (χ0) is 22.4. The number of aliphatic imine (C=N–C) groups is 1. The van der Waals surface area contributed by atoms with Crippen molar-refractivity contribution < 1.29 is 13.9 Å². The zero-order valence-corrected chi connectivity index (χ0v) is 18.4. The molecule has 1 amide bonds. The molecule has 2 aromatic rings. The number of rotatable bonds is 2. The summed E-state index contributed by atoms with van der Waals surface area (Å²) >= 11 is 1.29. The summed E-state index contributed by atoms with van der Waals surface area (Å²) in [5.74, 6) is -0.836. The van der Waals surface area contributed by atoms with E-state index < -0.39 is 5.91 Å². The molecule has 1 N–H and O–H groups in total. The Balaban J connectivity index is 1.49. The molecule has 0 spiro atoms. The monoisotopic (exact) mass is 452 g/mol. The highest BCUT2D eigenvalue weighted by Gasteiger charge is 2.37. The van der Waals surface area contributed by atoms with Crippen molar-refractivity contribution in [3.63, 3.8) is 0 Å². The summed E-state index contributed by atoms with van der Waals surface area (Å²) in [4.78, 5) is 19.0. The minimum absolute atomic E-state index is 0.0218. The Morgan fingerprint density at radius 3 is 2.69 bits per heavy atom. The van der Waals surface area contributed by atoms with Crippen LogP contribution >= 0.6 is 11.8 Å². The van der Waals surface area contributed by atoms with E-state index in [4.69, 9.17) is 10.1 Å². The fourth-order valence-electron chi connectivity index (χ4n) is 3.96. The molecule has 4 heterocycles. The molecule has 32 heavy (non-hydrogen) atoms. The normalized spacial score (nSPS) is 20.0. The third-order valence-electron chi connectivity index (χ3n) is 5.59. The maximum Gasteiger partial charge on any atom is 0.283 e. The Hall–Kier alpha value is -3.24. The molecule has 1 saturated heterocycles. The number of carbonyl (C=O) groups excluding carboxylic acids is 1. The maximum atomic E-state index is 14.4. The Kier molecular flexibility index (Phi) is 5.18. The average Bonchev–Trinajstić information content (AvgIpc) is 3.33. The van der Waals surface area contributed by atoms with Gasteiger partial charge < -0.3 is 14.2 Å². The summed E-state index contributed by atoms with van der Waals surface area (Å²) < 4.78 is 21.6. The lowest BCUT2D eigenvalue weighted by atomic mass is 10.1. The van der Waals surface area contributed by atoms with E-state index in [0.29, 0.717) is 42.3 Å². The van der Waals surface area contributed by atoms with E-state index in [2.05, 4.69) is 15.0 Å². The van der Waals surface area contributed by atoms with Gasteiger partial charge in [-0.1, -0.05) is 12.1 Å². The van der Waals surface area contributed by atoms with Gasteiger partial charge in [-0.25, -0.2) is 4.39 Å². The van der Waals surface area contributed by atoms with Gasteiger partial charge in [-0.05, 0) is 55.4 Å². The van der Waals surface area contributed by atoms with Crippen molar-refractivity contribution >= 4 is 39.9 Å². The molecule has 1 aromatic carbocycles. The second kappa shape index (κ2) is 8.03. The molecule has 0 aliphatic carbocycles. The standard InChI is InChI=1S/C22H21FN6O2S/c1-13-11-15(14(2)28(13)18-6-4-3-5-17(18)23)12-16-19(24)29-21(25-20(16)30)32-22(26-29)27-7-9-31-10-8-27/h3-6,11-12,24H,7-10H2,1-2H3/b16-12+,24-19?. The molecule has 0 unspecified atom stereocenters. The number of carbonyl (C=O) groups is 1. The van der Waals surface area contributed by atoms with Crippen molar-refractivity contribution in [2.75, 3.05) is 26.3 Å². The van der Waals surface area contributed by atoms with E-state index in [1.54, 1.807) is 28.8 Å². The van der Waals surface area contributed by atoms with Crippen LogP contribution in [0, 0.1) is 25.1 Å². The van der Waals surface area contributed by atoms with Gasteiger partial charge in [0.05, 0.1) is 24.5 Å². The first-order chi connectivity index (χ1) is 15.4. The predicted octanol–water partition coefficient (Wildman–Crippen LogP) is 3.14. The van der Waals surface area contributed by atoms with Gasteiger partial charge in [-0.3, -0.25) is 10.2 Å². The molecule has 1 fully saturated rings. The van der Waals surface area contributed by atoms with Crippen molar-refractivity contribution in [1.29, 1.82) is 5.41 Å². The zero-order valence-electron chi connectivity index (χ0n) is 17.6. The molecular weight excluding hydrogens is 431 g/mol. The molecular formula is C22H21FN6O2S. The minimum Gasteiger partial charge on any atom is -0.378 e. The minimum atomic E-state index is -0.483. The van der Waals surface area contributed by atoms with Gasteiger partial charge in [0.1, 0.15) is 5.82 Å². The van der Waals surface area contributed by atoms with Crippen LogP contribution in [0.5, 0.6) is 0 Å². The van der Waals surface area contributed by atoms with Gasteiger partial charge in [0.2, 0.25) is 5.17 Å². The van der Waals surface area contributed by atoms with E-state index >= 15 is 0 Å². The summed E-state index contributed by atoms with van der Waals surface area (Å²) in [7, 11) is 0. The molecule has 3 aliphatic heterocycles. The number of halogens is 1. The number of para-hydroxylation sites is 1. The number of nitrogens with zero attached hydrogens (tertiary/aromatic N) is 5. The van der Waals surface area contributed by atoms with Gasteiger partial charge >= 0.3 is 0 Å². The number of nitrogens with one attached hydrogen (secondary N) is 1. The van der Waals surface area contributed by atoms with Crippen LogP contribution in [0.3, 0.4) is 0 Å². The number of morpholine rings is 1. The molecule has 10 heteroatoms. The number of aromatic nitrogens is 1. The summed E-state index contributed by atoms with van der Waals surface area (Å²) in [6.07, 6.45) is 1.64. The molecule has 164 valence electrons. The number of hydrogen-bond donors (Lipinski definition) is 1. The number of ether oxygens (including phenoxy) is 1. The molecule has 0 radical (unpaired) electrons. The third kappa shape index (κ3) is 3.45. The first-order valence-electron chi connectivity index (χ1n) is 10.2. The number of hydrogen-bond acceptors (Lipinski definition) is 6. The van der Waals surface area contributed by atoms with Gasteiger partial charge in [0, 0.05) is 24.5 Å². The van der Waals surface area contributed by atoms with E-state index in [0.717, 1.165) is 17.0 Å². The van der Waals surface area contributed by atoms with Gasteiger partial charge in [-0.15, -0.1) is 5.10 Å². The lowest BCUT2D eigenvalue weighted by Crippen LogP contribution is -2.39. The lowest BCUT2D eigenvalue weighted by Gasteiger charge is -2.26. The second-order valence-electron chi connectivity index (χ2n) is 7.62. The van der Waals surface area contributed by atoms with Crippen LogP contribution in [-0.2, 0) is 9.53 Å². The van der Waals surface area contributed by atoms with E-state index in [1.165, 1.54) is 22.8 Å². The van der Waals surface area contributed by atoms with E-state index in [-0.39, 0.29) is 17.2 Å². The summed E-state index contributed by atoms with van der Waals surface area (Å²) in [6.45, 7) is 6.38. The molecule has 1 aromatic heterocycles. The second-order valence-corrected chi connectivity index (χ2v) is 8.55. The predicted molar refractivity (Wildman–Crippen MR) is 123 cm³/mol. The Morgan fingerprint density at radius 1 is 1.19 bits per heavy atom. The maximum absolute atomic E-state index is 14.4. The summed E-state index contributed by atoms with van der Waals surface area (Å²) in [6, 6.07) is 8.42. The molecule has 0 saturated carbocycles. The SMILES string of the molecule is Cc1cc(/C=C2\C(=N)N3N=C(N4CCOCC4)SC3=NC2=O)c(C)n1-c1ccccc1F. The van der Waals surface area contributed by atoms with Crippen molar-refractivity contribution in [1.82, 2.24) is 14.5 Å². The smallest absolute Gasteiger partial charge is 0.283 e. The quantitative estimate of drug-likeness (QED) is 0.708. The summed E-state index contributed by atoms with van der Waals surface area (Å²) in [5, 5.41) is 15.6. The highest BCUT2D eigenvalue weighted by molar-refractivity contribution is 8.26. The lowest BCUT2D eigenvalue weighted by molar-refractivity contribution is -0.114. The number of fused-ring (bicyclic) bond motifs is 1. The first kappa shape index (κ1) is 20.7.